The number of aryl methyl sites for hydroxylation is 1. The maximum Gasteiger partial charge on any atom is 0.271 e. The van der Waals surface area contributed by atoms with Gasteiger partial charge < -0.3 is 14.8 Å². The Morgan fingerprint density at radius 1 is 1.24 bits per heavy atom. The fourth-order valence-corrected chi connectivity index (χ4v) is 4.15. The molecule has 116 valence electrons. The lowest BCUT2D eigenvalue weighted by Gasteiger charge is -2.48. The fourth-order valence-electron chi connectivity index (χ4n) is 3.94. The Morgan fingerprint density at radius 2 is 1.95 bits per heavy atom. The predicted octanol–water partition coefficient (Wildman–Crippen LogP) is 2.04. The smallest absolute Gasteiger partial charge is 0.271 e. The van der Waals surface area contributed by atoms with Crippen LogP contribution in [-0.4, -0.2) is 48.1 Å². The zero-order valence-corrected chi connectivity index (χ0v) is 13.5. The summed E-state index contributed by atoms with van der Waals surface area (Å²) in [6.45, 7) is 6.00. The van der Waals surface area contributed by atoms with Crippen molar-refractivity contribution in [3.8, 4) is 0 Å². The first-order valence-electron chi connectivity index (χ1n) is 7.69. The number of rotatable bonds is 1. The molecule has 0 unspecified atom stereocenters. The minimum atomic E-state index is -0.237. The summed E-state index contributed by atoms with van der Waals surface area (Å²) in [5.74, 6) is 1.28. The monoisotopic (exact) mass is 310 g/mol. The number of aromatic amines is 1. The van der Waals surface area contributed by atoms with Crippen LogP contribution in [0.15, 0.2) is 4.79 Å². The second-order valence-corrected chi connectivity index (χ2v) is 7.03. The Hall–Kier alpha value is -1.07. The maximum absolute atomic E-state index is 11.9. The summed E-state index contributed by atoms with van der Waals surface area (Å²) in [4.78, 5) is 23.6. The number of anilines is 1. The van der Waals surface area contributed by atoms with E-state index in [1.165, 1.54) is 25.8 Å². The molecule has 0 bridgehead atoms. The lowest BCUT2D eigenvalue weighted by molar-refractivity contribution is 0.0908. The van der Waals surface area contributed by atoms with Crippen LogP contribution >= 0.6 is 11.6 Å². The van der Waals surface area contributed by atoms with Gasteiger partial charge in [-0.15, -0.1) is 0 Å². The number of H-pyrrole nitrogens is 1. The van der Waals surface area contributed by atoms with Crippen LogP contribution in [0.5, 0.6) is 0 Å². The molecule has 0 amide bonds. The third-order valence-corrected chi connectivity index (χ3v) is 5.12. The highest BCUT2D eigenvalue weighted by Gasteiger charge is 2.39. The van der Waals surface area contributed by atoms with E-state index in [1.54, 1.807) is 6.92 Å². The van der Waals surface area contributed by atoms with Crippen LogP contribution in [0, 0.1) is 12.3 Å². The SMILES string of the molecule is Cc1nc(N2CCC[C@]3(CCCN(C)C3)C2)c(Cl)c(=O)[nH]1. The summed E-state index contributed by atoms with van der Waals surface area (Å²) in [6, 6.07) is 0. The summed E-state index contributed by atoms with van der Waals surface area (Å²) < 4.78 is 0. The molecule has 0 aromatic carbocycles. The Balaban J connectivity index is 1.88. The van der Waals surface area contributed by atoms with Crippen LogP contribution in [0.1, 0.15) is 31.5 Å². The van der Waals surface area contributed by atoms with Crippen molar-refractivity contribution in [3.05, 3.63) is 21.2 Å². The lowest BCUT2D eigenvalue weighted by Crippen LogP contribution is -2.52. The Morgan fingerprint density at radius 3 is 2.67 bits per heavy atom. The van der Waals surface area contributed by atoms with E-state index in [-0.39, 0.29) is 10.6 Å². The minimum Gasteiger partial charge on any atom is -0.355 e. The molecule has 1 N–H and O–H groups in total. The molecule has 3 heterocycles. The van der Waals surface area contributed by atoms with Crippen molar-refractivity contribution in [3.63, 3.8) is 0 Å². The molecule has 2 fully saturated rings. The van der Waals surface area contributed by atoms with Gasteiger partial charge in [-0.3, -0.25) is 4.79 Å². The summed E-state index contributed by atoms with van der Waals surface area (Å²) in [5.41, 5.74) is 0.0896. The van der Waals surface area contributed by atoms with E-state index >= 15 is 0 Å². The van der Waals surface area contributed by atoms with E-state index in [1.807, 2.05) is 0 Å². The molecule has 1 atom stereocenters. The largest absolute Gasteiger partial charge is 0.355 e. The van der Waals surface area contributed by atoms with Gasteiger partial charge in [0.1, 0.15) is 10.8 Å². The summed E-state index contributed by atoms with van der Waals surface area (Å²) >= 11 is 6.20. The van der Waals surface area contributed by atoms with Gasteiger partial charge in [-0.25, -0.2) is 4.98 Å². The average Bonchev–Trinajstić information content (AvgIpc) is 2.42. The number of piperidine rings is 2. The maximum atomic E-state index is 11.9. The Labute approximate surface area is 130 Å². The van der Waals surface area contributed by atoms with Gasteiger partial charge in [0, 0.05) is 25.0 Å². The molecule has 21 heavy (non-hydrogen) atoms. The Kier molecular flexibility index (Phi) is 3.97. The van der Waals surface area contributed by atoms with Gasteiger partial charge >= 0.3 is 0 Å². The van der Waals surface area contributed by atoms with Crippen molar-refractivity contribution < 1.29 is 0 Å². The number of halogens is 1. The number of nitrogens with one attached hydrogen (secondary N) is 1. The van der Waals surface area contributed by atoms with Gasteiger partial charge in [0.2, 0.25) is 0 Å². The van der Waals surface area contributed by atoms with Crippen LogP contribution < -0.4 is 10.5 Å². The predicted molar refractivity (Wildman–Crippen MR) is 85.2 cm³/mol. The average molecular weight is 311 g/mol. The van der Waals surface area contributed by atoms with Crippen molar-refractivity contribution in [1.29, 1.82) is 0 Å². The molecule has 2 aliphatic rings. The van der Waals surface area contributed by atoms with E-state index in [4.69, 9.17) is 11.6 Å². The number of nitrogens with zero attached hydrogens (tertiary/aromatic N) is 3. The highest BCUT2D eigenvalue weighted by Crippen LogP contribution is 2.39. The standard InChI is InChI=1S/C15H23ClN4O/c1-11-17-13(12(16)14(21)18-11)20-8-4-6-15(10-20)5-3-7-19(2)9-15/h3-10H2,1-2H3,(H,17,18,21)/t15-/m0/s1. The molecule has 1 aromatic rings. The molecular formula is C15H23ClN4O. The Bertz CT molecular complexity index is 584. The van der Waals surface area contributed by atoms with E-state index in [0.29, 0.717) is 17.1 Å². The van der Waals surface area contributed by atoms with Gasteiger partial charge in [0.15, 0.2) is 5.82 Å². The molecule has 0 aliphatic carbocycles. The zero-order chi connectivity index (χ0) is 15.0. The molecule has 6 heteroatoms. The molecule has 1 aromatic heterocycles. The van der Waals surface area contributed by atoms with E-state index in [0.717, 1.165) is 26.1 Å². The summed E-state index contributed by atoms with van der Waals surface area (Å²) in [6.07, 6.45) is 4.90. The first-order chi connectivity index (χ1) is 9.99. The quantitative estimate of drug-likeness (QED) is 0.862. The molecule has 3 rings (SSSR count). The van der Waals surface area contributed by atoms with Crippen molar-refractivity contribution in [2.45, 2.75) is 32.6 Å². The minimum absolute atomic E-state index is 0.224. The van der Waals surface area contributed by atoms with Gasteiger partial charge in [0.25, 0.3) is 5.56 Å². The molecule has 1 spiro atoms. The van der Waals surface area contributed by atoms with Crippen molar-refractivity contribution in [2.75, 3.05) is 38.1 Å². The zero-order valence-electron chi connectivity index (χ0n) is 12.8. The molecule has 0 radical (unpaired) electrons. The van der Waals surface area contributed by atoms with E-state index in [9.17, 15) is 4.79 Å². The number of hydrogen-bond acceptors (Lipinski definition) is 4. The molecule has 5 nitrogen and oxygen atoms in total. The third-order valence-electron chi connectivity index (χ3n) is 4.78. The number of aromatic nitrogens is 2. The normalized spacial score (nSPS) is 27.3. The molecular weight excluding hydrogens is 288 g/mol. The lowest BCUT2D eigenvalue weighted by atomic mass is 9.74. The van der Waals surface area contributed by atoms with Gasteiger partial charge in [0.05, 0.1) is 0 Å². The highest BCUT2D eigenvalue weighted by molar-refractivity contribution is 6.32. The van der Waals surface area contributed by atoms with Gasteiger partial charge in [-0.2, -0.15) is 0 Å². The van der Waals surface area contributed by atoms with Gasteiger partial charge in [-0.1, -0.05) is 11.6 Å². The van der Waals surface area contributed by atoms with Crippen LogP contribution in [0.3, 0.4) is 0 Å². The van der Waals surface area contributed by atoms with Gasteiger partial charge in [-0.05, 0) is 46.2 Å². The number of hydrogen-bond donors (Lipinski definition) is 1. The summed E-state index contributed by atoms with van der Waals surface area (Å²) in [5, 5.41) is 0.224. The first kappa shape index (κ1) is 14.9. The van der Waals surface area contributed by atoms with Crippen molar-refractivity contribution >= 4 is 17.4 Å². The van der Waals surface area contributed by atoms with Crippen LogP contribution in [0.25, 0.3) is 0 Å². The van der Waals surface area contributed by atoms with E-state index < -0.39 is 0 Å². The van der Waals surface area contributed by atoms with E-state index in [2.05, 4.69) is 26.8 Å². The summed E-state index contributed by atoms with van der Waals surface area (Å²) in [7, 11) is 2.20. The molecule has 2 aliphatic heterocycles. The van der Waals surface area contributed by atoms with Crippen molar-refractivity contribution in [1.82, 2.24) is 14.9 Å². The van der Waals surface area contributed by atoms with Crippen molar-refractivity contribution in [2.24, 2.45) is 5.41 Å². The van der Waals surface area contributed by atoms with Crippen LogP contribution in [0.4, 0.5) is 5.82 Å². The fraction of sp³-hybridized carbons (Fsp3) is 0.733. The first-order valence-corrected chi connectivity index (χ1v) is 8.07. The number of likely N-dealkylation sites (tertiary alicyclic amines) is 1. The second kappa shape index (κ2) is 5.61. The highest BCUT2D eigenvalue weighted by atomic mass is 35.5. The van der Waals surface area contributed by atoms with Crippen LogP contribution in [-0.2, 0) is 0 Å². The molecule has 2 saturated heterocycles. The third kappa shape index (κ3) is 2.94. The topological polar surface area (TPSA) is 52.2 Å². The second-order valence-electron chi connectivity index (χ2n) is 6.66. The van der Waals surface area contributed by atoms with Crippen LogP contribution in [0.2, 0.25) is 5.02 Å². The molecule has 0 saturated carbocycles.